The van der Waals surface area contributed by atoms with Crippen LogP contribution in [0.4, 0.5) is 5.69 Å². The number of hydrogen-bond acceptors (Lipinski definition) is 1. The van der Waals surface area contributed by atoms with Gasteiger partial charge in [-0.25, -0.2) is 0 Å². The van der Waals surface area contributed by atoms with Gasteiger partial charge in [0.2, 0.25) is 0 Å². The molecular formula is C12H19N3. The molecule has 0 saturated heterocycles. The van der Waals surface area contributed by atoms with Gasteiger partial charge in [0.05, 0.1) is 0 Å². The van der Waals surface area contributed by atoms with E-state index in [2.05, 4.69) is 43.1 Å². The number of anilines is 1. The third kappa shape index (κ3) is 2.98. The second kappa shape index (κ2) is 5.39. The molecule has 0 saturated carbocycles. The molecule has 15 heavy (non-hydrogen) atoms. The van der Waals surface area contributed by atoms with E-state index in [1.807, 2.05) is 11.8 Å². The van der Waals surface area contributed by atoms with Crippen LogP contribution in [0, 0.1) is 6.92 Å². The van der Waals surface area contributed by atoms with E-state index >= 15 is 0 Å². The molecule has 0 amide bonds. The van der Waals surface area contributed by atoms with E-state index in [1.54, 1.807) is 0 Å². The molecule has 0 bridgehead atoms. The summed E-state index contributed by atoms with van der Waals surface area (Å²) in [6.45, 7) is 7.67. The standard InChI is InChI=1S/C12H19N3/c1-4-14-12(13)15(5-2)11-8-6-10(3)7-9-11/h6-9H,4-5H2,1-3H3,(H2,13,14). The lowest BCUT2D eigenvalue weighted by Crippen LogP contribution is -2.37. The van der Waals surface area contributed by atoms with E-state index in [0.717, 1.165) is 12.2 Å². The lowest BCUT2D eigenvalue weighted by Gasteiger charge is -2.21. The molecule has 0 aliphatic rings. The first-order chi connectivity index (χ1) is 7.19. The minimum atomic E-state index is 0.587. The Balaban J connectivity index is 2.92. The molecule has 0 fully saturated rings. The maximum Gasteiger partial charge on any atom is 0.195 e. The summed E-state index contributed by atoms with van der Waals surface area (Å²) in [6.07, 6.45) is 0. The largest absolute Gasteiger partial charge is 0.370 e. The summed E-state index contributed by atoms with van der Waals surface area (Å²) in [7, 11) is 0. The van der Waals surface area contributed by atoms with Crippen LogP contribution < -0.4 is 10.6 Å². The number of nitrogens with zero attached hydrogens (tertiary/aromatic N) is 2. The molecule has 0 aliphatic heterocycles. The molecule has 0 atom stereocenters. The molecule has 3 nitrogen and oxygen atoms in total. The SMILES string of the molecule is CCN=C(N)N(CC)c1ccc(C)cc1. The normalized spacial score (nSPS) is 11.5. The summed E-state index contributed by atoms with van der Waals surface area (Å²) in [5.74, 6) is 0.587. The highest BCUT2D eigenvalue weighted by atomic mass is 15.2. The molecular weight excluding hydrogens is 186 g/mol. The third-order valence-corrected chi connectivity index (χ3v) is 2.26. The Morgan fingerprint density at radius 2 is 1.87 bits per heavy atom. The summed E-state index contributed by atoms with van der Waals surface area (Å²) < 4.78 is 0. The van der Waals surface area contributed by atoms with Crippen LogP contribution in [0.15, 0.2) is 29.3 Å². The minimum absolute atomic E-state index is 0.587. The van der Waals surface area contributed by atoms with Crippen LogP contribution in [0.5, 0.6) is 0 Å². The van der Waals surface area contributed by atoms with Gasteiger partial charge in [-0.05, 0) is 32.9 Å². The lowest BCUT2D eigenvalue weighted by molar-refractivity contribution is 1.01. The lowest BCUT2D eigenvalue weighted by atomic mass is 10.2. The van der Waals surface area contributed by atoms with Gasteiger partial charge in [0.15, 0.2) is 5.96 Å². The molecule has 82 valence electrons. The molecule has 0 unspecified atom stereocenters. The Kier molecular flexibility index (Phi) is 4.16. The van der Waals surface area contributed by atoms with Crippen molar-refractivity contribution in [3.63, 3.8) is 0 Å². The molecule has 3 heteroatoms. The molecule has 0 radical (unpaired) electrons. The Morgan fingerprint density at radius 3 is 2.33 bits per heavy atom. The van der Waals surface area contributed by atoms with E-state index in [9.17, 15) is 0 Å². The van der Waals surface area contributed by atoms with E-state index in [0.29, 0.717) is 12.5 Å². The van der Waals surface area contributed by atoms with Crippen molar-refractivity contribution in [2.24, 2.45) is 10.7 Å². The van der Waals surface area contributed by atoms with Crippen molar-refractivity contribution in [2.75, 3.05) is 18.0 Å². The van der Waals surface area contributed by atoms with Gasteiger partial charge in [0.25, 0.3) is 0 Å². The van der Waals surface area contributed by atoms with Crippen LogP contribution in [0.25, 0.3) is 0 Å². The average molecular weight is 205 g/mol. The van der Waals surface area contributed by atoms with Gasteiger partial charge < -0.3 is 10.6 Å². The fourth-order valence-corrected chi connectivity index (χ4v) is 1.45. The zero-order valence-corrected chi connectivity index (χ0v) is 9.70. The number of aliphatic imine (C=N–C) groups is 1. The topological polar surface area (TPSA) is 41.6 Å². The predicted molar refractivity (Wildman–Crippen MR) is 66.4 cm³/mol. The summed E-state index contributed by atoms with van der Waals surface area (Å²) >= 11 is 0. The van der Waals surface area contributed by atoms with Crippen LogP contribution in [0.3, 0.4) is 0 Å². The zero-order chi connectivity index (χ0) is 11.3. The maximum atomic E-state index is 5.88. The van der Waals surface area contributed by atoms with Crippen LogP contribution >= 0.6 is 0 Å². The Morgan fingerprint density at radius 1 is 1.27 bits per heavy atom. The van der Waals surface area contributed by atoms with Crippen LogP contribution in [0.1, 0.15) is 19.4 Å². The fraction of sp³-hybridized carbons (Fsp3) is 0.417. The van der Waals surface area contributed by atoms with Crippen molar-refractivity contribution in [2.45, 2.75) is 20.8 Å². The molecule has 0 spiro atoms. The van der Waals surface area contributed by atoms with E-state index in [-0.39, 0.29) is 0 Å². The van der Waals surface area contributed by atoms with E-state index in [4.69, 9.17) is 5.73 Å². The van der Waals surface area contributed by atoms with Crippen LogP contribution in [-0.4, -0.2) is 19.0 Å². The van der Waals surface area contributed by atoms with Gasteiger partial charge in [-0.2, -0.15) is 0 Å². The summed E-state index contributed by atoms with van der Waals surface area (Å²) in [5.41, 5.74) is 8.23. The highest BCUT2D eigenvalue weighted by Gasteiger charge is 2.06. The molecule has 0 aliphatic carbocycles. The second-order valence-electron chi connectivity index (χ2n) is 3.41. The first kappa shape index (κ1) is 11.6. The number of aryl methyl sites for hydroxylation is 1. The Bertz CT molecular complexity index is 327. The van der Waals surface area contributed by atoms with Gasteiger partial charge >= 0.3 is 0 Å². The highest BCUT2D eigenvalue weighted by molar-refractivity contribution is 5.94. The smallest absolute Gasteiger partial charge is 0.195 e. The predicted octanol–water partition coefficient (Wildman–Crippen LogP) is 2.16. The average Bonchev–Trinajstić information content (AvgIpc) is 2.22. The monoisotopic (exact) mass is 205 g/mol. The summed E-state index contributed by atoms with van der Waals surface area (Å²) in [6, 6.07) is 8.29. The molecule has 1 rings (SSSR count). The van der Waals surface area contributed by atoms with Crippen molar-refractivity contribution in [3.05, 3.63) is 29.8 Å². The van der Waals surface area contributed by atoms with Crippen molar-refractivity contribution in [3.8, 4) is 0 Å². The van der Waals surface area contributed by atoms with E-state index in [1.165, 1.54) is 5.56 Å². The van der Waals surface area contributed by atoms with Gasteiger partial charge in [-0.1, -0.05) is 17.7 Å². The molecule has 1 aromatic carbocycles. The van der Waals surface area contributed by atoms with Gasteiger partial charge in [0.1, 0.15) is 0 Å². The fourth-order valence-electron chi connectivity index (χ4n) is 1.45. The molecule has 1 aromatic rings. The number of rotatable bonds is 3. The van der Waals surface area contributed by atoms with Crippen molar-refractivity contribution in [1.82, 2.24) is 0 Å². The highest BCUT2D eigenvalue weighted by Crippen LogP contribution is 2.14. The third-order valence-electron chi connectivity index (χ3n) is 2.26. The first-order valence-corrected chi connectivity index (χ1v) is 5.33. The first-order valence-electron chi connectivity index (χ1n) is 5.33. The Labute approximate surface area is 91.6 Å². The van der Waals surface area contributed by atoms with Gasteiger partial charge in [0, 0.05) is 18.8 Å². The number of benzene rings is 1. The second-order valence-corrected chi connectivity index (χ2v) is 3.41. The van der Waals surface area contributed by atoms with E-state index < -0.39 is 0 Å². The molecule has 0 aromatic heterocycles. The van der Waals surface area contributed by atoms with Crippen molar-refractivity contribution in [1.29, 1.82) is 0 Å². The van der Waals surface area contributed by atoms with Crippen molar-refractivity contribution >= 4 is 11.6 Å². The van der Waals surface area contributed by atoms with Crippen LogP contribution in [-0.2, 0) is 0 Å². The van der Waals surface area contributed by atoms with Crippen molar-refractivity contribution < 1.29 is 0 Å². The molecule has 2 N–H and O–H groups in total. The summed E-state index contributed by atoms with van der Waals surface area (Å²) in [4.78, 5) is 6.22. The minimum Gasteiger partial charge on any atom is -0.370 e. The number of hydrogen-bond donors (Lipinski definition) is 1. The molecule has 0 heterocycles. The Hall–Kier alpha value is -1.51. The zero-order valence-electron chi connectivity index (χ0n) is 9.70. The number of nitrogens with two attached hydrogens (primary N) is 1. The van der Waals surface area contributed by atoms with Gasteiger partial charge in [-0.3, -0.25) is 4.99 Å². The maximum absolute atomic E-state index is 5.88. The quantitative estimate of drug-likeness (QED) is 0.607. The summed E-state index contributed by atoms with van der Waals surface area (Å²) in [5, 5.41) is 0. The number of guanidine groups is 1. The van der Waals surface area contributed by atoms with Crippen LogP contribution in [0.2, 0.25) is 0 Å². The van der Waals surface area contributed by atoms with Gasteiger partial charge in [-0.15, -0.1) is 0 Å².